The summed E-state index contributed by atoms with van der Waals surface area (Å²) in [5, 5.41) is 9.10. The SMILES string of the molecule is Cc1cccc(C(=O)NC(=N)N=S(=O)=O)c1. The molecule has 0 heterocycles. The van der Waals surface area contributed by atoms with Crippen molar-refractivity contribution < 1.29 is 13.2 Å². The molecule has 0 aromatic heterocycles. The lowest BCUT2D eigenvalue weighted by atomic mass is 10.1. The van der Waals surface area contributed by atoms with Gasteiger partial charge < -0.3 is 0 Å². The van der Waals surface area contributed by atoms with Crippen LogP contribution < -0.4 is 5.32 Å². The van der Waals surface area contributed by atoms with Crippen LogP contribution in [0.1, 0.15) is 15.9 Å². The highest BCUT2D eigenvalue weighted by Gasteiger charge is 2.07. The van der Waals surface area contributed by atoms with Crippen LogP contribution in [0.15, 0.2) is 28.6 Å². The molecule has 0 fully saturated rings. The molecule has 0 atom stereocenters. The van der Waals surface area contributed by atoms with Gasteiger partial charge in [0.2, 0.25) is 5.96 Å². The van der Waals surface area contributed by atoms with Gasteiger partial charge in [-0.3, -0.25) is 15.5 Å². The van der Waals surface area contributed by atoms with Crippen LogP contribution in [-0.2, 0) is 10.5 Å². The van der Waals surface area contributed by atoms with E-state index in [1.807, 2.05) is 18.3 Å². The zero-order chi connectivity index (χ0) is 12.1. The molecule has 6 nitrogen and oxygen atoms in total. The summed E-state index contributed by atoms with van der Waals surface area (Å²) in [4.78, 5) is 11.5. The van der Waals surface area contributed by atoms with E-state index in [1.54, 1.807) is 18.2 Å². The summed E-state index contributed by atoms with van der Waals surface area (Å²) in [6.45, 7) is 1.82. The Morgan fingerprint density at radius 3 is 2.69 bits per heavy atom. The summed E-state index contributed by atoms with van der Waals surface area (Å²) in [7, 11) is -2.74. The molecule has 7 heteroatoms. The molecule has 0 aliphatic carbocycles. The quantitative estimate of drug-likeness (QED) is 0.558. The topological polar surface area (TPSA) is 99.4 Å². The predicted molar refractivity (Wildman–Crippen MR) is 57.7 cm³/mol. The number of rotatable bonds is 1. The molecule has 0 radical (unpaired) electrons. The van der Waals surface area contributed by atoms with E-state index in [-0.39, 0.29) is 0 Å². The van der Waals surface area contributed by atoms with Gasteiger partial charge in [0, 0.05) is 5.56 Å². The molecule has 1 aromatic carbocycles. The first kappa shape index (κ1) is 12.1. The van der Waals surface area contributed by atoms with Crippen LogP contribution >= 0.6 is 0 Å². The normalized spacial score (nSPS) is 9.31. The second-order valence-corrected chi connectivity index (χ2v) is 3.60. The second kappa shape index (κ2) is 5.17. The lowest BCUT2D eigenvalue weighted by molar-refractivity contribution is 0.0976. The van der Waals surface area contributed by atoms with E-state index in [0.717, 1.165) is 5.56 Å². The third-order valence-electron chi connectivity index (χ3n) is 1.68. The van der Waals surface area contributed by atoms with Crippen molar-refractivity contribution in [2.24, 2.45) is 4.36 Å². The Balaban J connectivity index is 2.81. The maximum absolute atomic E-state index is 11.5. The van der Waals surface area contributed by atoms with Crippen molar-refractivity contribution in [2.75, 3.05) is 0 Å². The highest BCUT2D eigenvalue weighted by atomic mass is 32.2. The van der Waals surface area contributed by atoms with Crippen molar-refractivity contribution in [1.82, 2.24) is 5.32 Å². The van der Waals surface area contributed by atoms with E-state index in [2.05, 4.69) is 4.36 Å². The minimum absolute atomic E-state index is 0.344. The molecule has 16 heavy (non-hydrogen) atoms. The zero-order valence-electron chi connectivity index (χ0n) is 8.39. The first-order valence-electron chi connectivity index (χ1n) is 4.27. The van der Waals surface area contributed by atoms with Gasteiger partial charge in [-0.15, -0.1) is 0 Å². The Morgan fingerprint density at radius 2 is 2.12 bits per heavy atom. The van der Waals surface area contributed by atoms with Gasteiger partial charge in [0.15, 0.2) is 0 Å². The van der Waals surface area contributed by atoms with Crippen LogP contribution in [-0.4, -0.2) is 20.3 Å². The Labute approximate surface area is 93.5 Å². The monoisotopic (exact) mass is 239 g/mol. The van der Waals surface area contributed by atoms with Crippen molar-refractivity contribution in [3.8, 4) is 0 Å². The zero-order valence-corrected chi connectivity index (χ0v) is 9.21. The van der Waals surface area contributed by atoms with E-state index in [0.29, 0.717) is 5.56 Å². The highest BCUT2D eigenvalue weighted by molar-refractivity contribution is 7.62. The van der Waals surface area contributed by atoms with Crippen molar-refractivity contribution in [2.45, 2.75) is 6.92 Å². The van der Waals surface area contributed by atoms with Gasteiger partial charge in [-0.1, -0.05) is 22.1 Å². The average Bonchev–Trinajstić information content (AvgIpc) is 2.16. The summed E-state index contributed by atoms with van der Waals surface area (Å²) >= 11 is 0. The highest BCUT2D eigenvalue weighted by Crippen LogP contribution is 2.03. The summed E-state index contributed by atoms with van der Waals surface area (Å²) in [6.07, 6.45) is 0. The molecule has 1 amide bonds. The van der Waals surface area contributed by atoms with Gasteiger partial charge in [-0.05, 0) is 19.1 Å². The molecule has 0 spiro atoms. The molecule has 1 aromatic rings. The number of hydrogen-bond donors (Lipinski definition) is 2. The van der Waals surface area contributed by atoms with Crippen molar-refractivity contribution in [3.05, 3.63) is 35.4 Å². The minimum Gasteiger partial charge on any atom is -0.290 e. The number of guanidine groups is 1. The third kappa shape index (κ3) is 3.62. The van der Waals surface area contributed by atoms with E-state index < -0.39 is 22.4 Å². The fourth-order valence-corrected chi connectivity index (χ4v) is 1.26. The number of carbonyl (C=O) groups is 1. The third-order valence-corrected chi connectivity index (χ3v) is 2.01. The van der Waals surface area contributed by atoms with Crippen LogP contribution in [0, 0.1) is 12.3 Å². The number of amides is 1. The van der Waals surface area contributed by atoms with Crippen LogP contribution in [0.2, 0.25) is 0 Å². The molecule has 84 valence electrons. The summed E-state index contributed by atoms with van der Waals surface area (Å²) < 4.78 is 23.1. The molecule has 2 N–H and O–H groups in total. The van der Waals surface area contributed by atoms with Gasteiger partial charge in [-0.25, -0.2) is 0 Å². The van der Waals surface area contributed by atoms with E-state index >= 15 is 0 Å². The lowest BCUT2D eigenvalue weighted by Gasteiger charge is -2.02. The molecule has 0 aliphatic rings. The van der Waals surface area contributed by atoms with Gasteiger partial charge >= 0.3 is 10.5 Å². The first-order valence-corrected chi connectivity index (χ1v) is 5.30. The number of carbonyl (C=O) groups excluding carboxylic acids is 1. The molecule has 0 saturated carbocycles. The standard InChI is InChI=1S/C9H9N3O3S/c1-6-3-2-4-7(5-6)8(13)11-9(10)12-16(14)15/h2-5H,1H3,(H2,10,11,13). The van der Waals surface area contributed by atoms with E-state index in [1.165, 1.54) is 0 Å². The second-order valence-electron chi connectivity index (χ2n) is 2.98. The fourth-order valence-electron chi connectivity index (χ4n) is 1.06. The van der Waals surface area contributed by atoms with E-state index in [9.17, 15) is 13.2 Å². The predicted octanol–water partition coefficient (Wildman–Crippen LogP) is 0.722. The molecule has 0 saturated heterocycles. The molecule has 0 bridgehead atoms. The molecular formula is C9H9N3O3S. The van der Waals surface area contributed by atoms with Crippen LogP contribution in [0.4, 0.5) is 0 Å². The molecule has 0 unspecified atom stereocenters. The Bertz CT molecular complexity index is 555. The molecular weight excluding hydrogens is 230 g/mol. The maximum atomic E-state index is 11.5. The average molecular weight is 239 g/mol. The number of benzene rings is 1. The Hall–Kier alpha value is -2.02. The van der Waals surface area contributed by atoms with Crippen LogP contribution in [0.5, 0.6) is 0 Å². The maximum Gasteiger partial charge on any atom is 0.319 e. The number of nitrogens with one attached hydrogen (secondary N) is 2. The summed E-state index contributed by atoms with van der Waals surface area (Å²) in [6, 6.07) is 6.69. The Kier molecular flexibility index (Phi) is 3.90. The molecule has 1 rings (SSSR count). The van der Waals surface area contributed by atoms with Gasteiger partial charge in [0.05, 0.1) is 0 Å². The van der Waals surface area contributed by atoms with Crippen LogP contribution in [0.3, 0.4) is 0 Å². The van der Waals surface area contributed by atoms with Gasteiger partial charge in [0.25, 0.3) is 5.91 Å². The number of nitrogens with zero attached hydrogens (tertiary/aromatic N) is 1. The van der Waals surface area contributed by atoms with E-state index in [4.69, 9.17) is 5.41 Å². The number of hydrogen-bond acceptors (Lipinski definition) is 4. The molecule has 0 aliphatic heterocycles. The largest absolute Gasteiger partial charge is 0.319 e. The van der Waals surface area contributed by atoms with Gasteiger partial charge in [-0.2, -0.15) is 8.42 Å². The van der Waals surface area contributed by atoms with Gasteiger partial charge in [0.1, 0.15) is 0 Å². The van der Waals surface area contributed by atoms with Crippen molar-refractivity contribution in [1.29, 1.82) is 5.41 Å². The smallest absolute Gasteiger partial charge is 0.290 e. The lowest BCUT2D eigenvalue weighted by Crippen LogP contribution is -2.28. The number of aryl methyl sites for hydroxylation is 1. The van der Waals surface area contributed by atoms with Crippen molar-refractivity contribution in [3.63, 3.8) is 0 Å². The Morgan fingerprint density at radius 1 is 1.44 bits per heavy atom. The minimum atomic E-state index is -2.74. The van der Waals surface area contributed by atoms with Crippen molar-refractivity contribution >= 4 is 22.4 Å². The first-order chi connectivity index (χ1) is 7.49. The summed E-state index contributed by atoms with van der Waals surface area (Å²) in [5.74, 6) is -1.28. The summed E-state index contributed by atoms with van der Waals surface area (Å²) in [5.41, 5.74) is 1.24. The van der Waals surface area contributed by atoms with Crippen LogP contribution in [0.25, 0.3) is 0 Å². The fraction of sp³-hybridized carbons (Fsp3) is 0.111.